The first-order chi connectivity index (χ1) is 24.3. The van der Waals surface area contributed by atoms with E-state index in [1.54, 1.807) is 0 Å². The van der Waals surface area contributed by atoms with E-state index in [0.29, 0.717) is 5.82 Å². The van der Waals surface area contributed by atoms with Gasteiger partial charge in [0.05, 0.1) is 22.2 Å². The maximum absolute atomic E-state index is 5.26. The molecule has 0 saturated carbocycles. The lowest BCUT2D eigenvalue weighted by atomic mass is 9.99. The Bertz CT molecular complexity index is 2870. The van der Waals surface area contributed by atoms with Crippen molar-refractivity contribution < 1.29 is 0 Å². The fourth-order valence-electron chi connectivity index (χ4n) is 7.32. The van der Waals surface area contributed by atoms with Gasteiger partial charge in [0.2, 0.25) is 0 Å². The van der Waals surface area contributed by atoms with Crippen LogP contribution in [0.2, 0.25) is 0 Å². The fourth-order valence-corrected chi connectivity index (χ4v) is 7.32. The van der Waals surface area contributed by atoms with Crippen LogP contribution in [-0.2, 0) is 0 Å². The topological polar surface area (TPSA) is 30.7 Å². The normalized spacial score (nSPS) is 11.7. The molecule has 0 spiro atoms. The molecule has 0 aliphatic carbocycles. The number of para-hydroxylation sites is 1. The Morgan fingerprint density at radius 2 is 1.00 bits per heavy atom. The second-order valence-corrected chi connectivity index (χ2v) is 12.7. The number of benzene rings is 8. The summed E-state index contributed by atoms with van der Waals surface area (Å²) < 4.78 is 2.37. The summed E-state index contributed by atoms with van der Waals surface area (Å²) in [6.45, 7) is 0. The van der Waals surface area contributed by atoms with E-state index in [-0.39, 0.29) is 0 Å². The Hall–Kier alpha value is -6.58. The van der Waals surface area contributed by atoms with Crippen LogP contribution >= 0.6 is 0 Å². The second kappa shape index (κ2) is 11.0. The van der Waals surface area contributed by atoms with Gasteiger partial charge in [-0.1, -0.05) is 115 Å². The lowest BCUT2D eigenvalue weighted by molar-refractivity contribution is 1.17. The minimum Gasteiger partial charge on any atom is -0.309 e. The van der Waals surface area contributed by atoms with Crippen molar-refractivity contribution in [3.63, 3.8) is 0 Å². The van der Waals surface area contributed by atoms with Gasteiger partial charge < -0.3 is 4.57 Å². The van der Waals surface area contributed by atoms with Gasteiger partial charge in [-0.2, -0.15) is 0 Å². The van der Waals surface area contributed by atoms with E-state index in [1.807, 2.05) is 6.07 Å². The third-order valence-electron chi connectivity index (χ3n) is 9.75. The molecule has 0 aliphatic heterocycles. The molecule has 3 nitrogen and oxygen atoms in total. The molecule has 0 N–H and O–H groups in total. The van der Waals surface area contributed by atoms with Gasteiger partial charge in [0.25, 0.3) is 0 Å². The van der Waals surface area contributed by atoms with Crippen molar-refractivity contribution in [2.45, 2.75) is 0 Å². The SMILES string of the molecule is c1ccc(-c2ccc3c(-c4ccc5ccccc5c4)nc(-c4ccc(-n5c6ccccc6c6cc7ccccc7cc65)cc4)nc3c2)cc1. The second-order valence-electron chi connectivity index (χ2n) is 12.7. The van der Waals surface area contributed by atoms with Crippen molar-refractivity contribution in [1.82, 2.24) is 14.5 Å². The van der Waals surface area contributed by atoms with Gasteiger partial charge in [-0.15, -0.1) is 0 Å². The fraction of sp³-hybridized carbons (Fsp3) is 0. The van der Waals surface area contributed by atoms with Crippen molar-refractivity contribution in [1.29, 1.82) is 0 Å². The third-order valence-corrected chi connectivity index (χ3v) is 9.75. The summed E-state index contributed by atoms with van der Waals surface area (Å²) in [5.74, 6) is 0.709. The highest BCUT2D eigenvalue weighted by Gasteiger charge is 2.16. The molecule has 0 fully saturated rings. The van der Waals surface area contributed by atoms with E-state index >= 15 is 0 Å². The summed E-state index contributed by atoms with van der Waals surface area (Å²) in [6, 6.07) is 62.7. The lowest BCUT2D eigenvalue weighted by Crippen LogP contribution is -1.97. The monoisotopic (exact) mass is 623 g/mol. The summed E-state index contributed by atoms with van der Waals surface area (Å²) in [7, 11) is 0. The molecule has 2 aromatic heterocycles. The Labute approximate surface area is 283 Å². The van der Waals surface area contributed by atoms with Gasteiger partial charge in [-0.05, 0) is 93.3 Å². The van der Waals surface area contributed by atoms with Gasteiger partial charge in [-0.3, -0.25) is 0 Å². The van der Waals surface area contributed by atoms with Crippen molar-refractivity contribution in [3.05, 3.63) is 176 Å². The van der Waals surface area contributed by atoms with Gasteiger partial charge in [0, 0.05) is 33.0 Å². The summed E-state index contributed by atoms with van der Waals surface area (Å²) in [5.41, 5.74) is 9.70. The summed E-state index contributed by atoms with van der Waals surface area (Å²) in [4.78, 5) is 10.4. The molecule has 0 unspecified atom stereocenters. The third kappa shape index (κ3) is 4.59. The molecule has 10 aromatic rings. The standard InChI is InChI=1S/C46H29N3/c1-2-10-30(11-3-1)36-22-25-40-42(28-36)47-46(48-45(40)37-19-18-31-12-4-5-13-33(31)26-37)32-20-23-38(24-21-32)49-43-17-9-8-16-39(43)41-27-34-14-6-7-15-35(34)29-44(41)49/h1-29H. The van der Waals surface area contributed by atoms with Crippen LogP contribution in [0.15, 0.2) is 176 Å². The maximum Gasteiger partial charge on any atom is 0.160 e. The molecule has 0 aliphatic rings. The number of fused-ring (bicyclic) bond motifs is 6. The molecule has 0 atom stereocenters. The van der Waals surface area contributed by atoms with Crippen LogP contribution in [0.4, 0.5) is 0 Å². The molecule has 2 heterocycles. The molecule has 228 valence electrons. The Morgan fingerprint density at radius 1 is 0.347 bits per heavy atom. The largest absolute Gasteiger partial charge is 0.309 e. The van der Waals surface area contributed by atoms with Crippen molar-refractivity contribution in [2.24, 2.45) is 0 Å². The van der Waals surface area contributed by atoms with Crippen LogP contribution in [0.1, 0.15) is 0 Å². The Kier molecular flexibility index (Phi) is 6.18. The number of nitrogens with zero attached hydrogens (tertiary/aromatic N) is 3. The molecule has 8 aromatic carbocycles. The Morgan fingerprint density at radius 3 is 1.82 bits per heavy atom. The molecule has 0 amide bonds. The quantitative estimate of drug-likeness (QED) is 0.195. The average molecular weight is 624 g/mol. The van der Waals surface area contributed by atoms with E-state index in [9.17, 15) is 0 Å². The van der Waals surface area contributed by atoms with E-state index < -0.39 is 0 Å². The van der Waals surface area contributed by atoms with E-state index in [1.165, 1.54) is 48.9 Å². The zero-order valence-electron chi connectivity index (χ0n) is 26.6. The maximum atomic E-state index is 5.26. The summed E-state index contributed by atoms with van der Waals surface area (Å²) in [5, 5.41) is 8.43. The van der Waals surface area contributed by atoms with E-state index in [0.717, 1.165) is 39.0 Å². The van der Waals surface area contributed by atoms with Crippen molar-refractivity contribution in [2.75, 3.05) is 0 Å². The van der Waals surface area contributed by atoms with Crippen LogP contribution in [0, 0.1) is 0 Å². The van der Waals surface area contributed by atoms with Gasteiger partial charge in [0.1, 0.15) is 0 Å². The zero-order valence-corrected chi connectivity index (χ0v) is 26.6. The summed E-state index contributed by atoms with van der Waals surface area (Å²) >= 11 is 0. The first kappa shape index (κ1) is 27.5. The highest BCUT2D eigenvalue weighted by Crippen LogP contribution is 2.37. The number of hydrogen-bond donors (Lipinski definition) is 0. The number of hydrogen-bond acceptors (Lipinski definition) is 2. The number of aromatic nitrogens is 3. The van der Waals surface area contributed by atoms with Crippen LogP contribution in [0.3, 0.4) is 0 Å². The molecular weight excluding hydrogens is 595 g/mol. The summed E-state index contributed by atoms with van der Waals surface area (Å²) in [6.07, 6.45) is 0. The average Bonchev–Trinajstić information content (AvgIpc) is 3.49. The molecule has 0 bridgehead atoms. The highest BCUT2D eigenvalue weighted by molar-refractivity contribution is 6.13. The minimum atomic E-state index is 0.709. The minimum absolute atomic E-state index is 0.709. The van der Waals surface area contributed by atoms with Crippen LogP contribution in [0.5, 0.6) is 0 Å². The first-order valence-electron chi connectivity index (χ1n) is 16.7. The molecule has 49 heavy (non-hydrogen) atoms. The molecular formula is C46H29N3. The van der Waals surface area contributed by atoms with Crippen LogP contribution < -0.4 is 0 Å². The van der Waals surface area contributed by atoms with Crippen molar-refractivity contribution in [3.8, 4) is 39.5 Å². The van der Waals surface area contributed by atoms with Gasteiger partial charge in [0.15, 0.2) is 5.82 Å². The van der Waals surface area contributed by atoms with E-state index in [2.05, 4.69) is 174 Å². The zero-order chi connectivity index (χ0) is 32.3. The predicted octanol–water partition coefficient (Wildman–Crippen LogP) is 12.0. The molecule has 0 radical (unpaired) electrons. The lowest BCUT2D eigenvalue weighted by Gasteiger charge is -2.13. The van der Waals surface area contributed by atoms with E-state index in [4.69, 9.17) is 9.97 Å². The Balaban J connectivity index is 1.15. The smallest absolute Gasteiger partial charge is 0.160 e. The predicted molar refractivity (Wildman–Crippen MR) is 205 cm³/mol. The van der Waals surface area contributed by atoms with Gasteiger partial charge >= 0.3 is 0 Å². The van der Waals surface area contributed by atoms with Crippen LogP contribution in [0.25, 0.3) is 93.7 Å². The van der Waals surface area contributed by atoms with Crippen molar-refractivity contribution >= 4 is 54.3 Å². The molecule has 10 rings (SSSR count). The first-order valence-corrected chi connectivity index (χ1v) is 16.7. The molecule has 0 saturated heterocycles. The van der Waals surface area contributed by atoms with Gasteiger partial charge in [-0.25, -0.2) is 9.97 Å². The highest BCUT2D eigenvalue weighted by atomic mass is 15.0. The van der Waals surface area contributed by atoms with Crippen LogP contribution in [-0.4, -0.2) is 14.5 Å². The molecule has 3 heteroatoms. The number of rotatable bonds is 4.